The zero-order valence-electron chi connectivity index (χ0n) is 11.9. The van der Waals surface area contributed by atoms with E-state index in [1.165, 1.54) is 25.7 Å². The first-order chi connectivity index (χ1) is 9.25. The van der Waals surface area contributed by atoms with Gasteiger partial charge in [0.1, 0.15) is 0 Å². The van der Waals surface area contributed by atoms with Crippen LogP contribution in [-0.4, -0.2) is 47.7 Å². The summed E-state index contributed by atoms with van der Waals surface area (Å²) < 4.78 is 5.76. The van der Waals surface area contributed by atoms with E-state index in [1.54, 1.807) is 0 Å². The lowest BCUT2D eigenvalue weighted by molar-refractivity contribution is -0.0257. The van der Waals surface area contributed by atoms with Crippen molar-refractivity contribution >= 4 is 0 Å². The van der Waals surface area contributed by atoms with Crippen molar-refractivity contribution < 1.29 is 14.9 Å². The molecule has 0 aromatic carbocycles. The molecule has 3 unspecified atom stereocenters. The summed E-state index contributed by atoms with van der Waals surface area (Å²) >= 11 is 0. The van der Waals surface area contributed by atoms with Crippen molar-refractivity contribution in [2.75, 3.05) is 13.2 Å². The fraction of sp³-hybridized carbons (Fsp3) is 1.00. The minimum Gasteiger partial charge on any atom is -0.392 e. The molecule has 0 radical (unpaired) electrons. The van der Waals surface area contributed by atoms with Gasteiger partial charge in [0.25, 0.3) is 0 Å². The average Bonchev–Trinajstić information content (AvgIpc) is 2.45. The number of ether oxygens (including phenoxy) is 1. The number of hydrogen-bond donors (Lipinski definition) is 3. The van der Waals surface area contributed by atoms with Crippen molar-refractivity contribution in [2.45, 2.75) is 82.1 Å². The standard InChI is InChI=1S/C15H29NO3/c17-12(11-19-13-6-2-1-3-7-13)10-16-14-8-4-5-9-15(14)18/h12-18H,1-11H2. The Labute approximate surface area is 116 Å². The average molecular weight is 271 g/mol. The van der Waals surface area contributed by atoms with Crippen LogP contribution in [0.4, 0.5) is 0 Å². The Bertz CT molecular complexity index is 244. The molecule has 2 rings (SSSR count). The Morgan fingerprint density at radius 2 is 1.68 bits per heavy atom. The molecule has 4 nitrogen and oxygen atoms in total. The third-order valence-corrected chi connectivity index (χ3v) is 4.42. The van der Waals surface area contributed by atoms with Crippen molar-refractivity contribution in [3.63, 3.8) is 0 Å². The molecule has 3 N–H and O–H groups in total. The van der Waals surface area contributed by atoms with Gasteiger partial charge in [0, 0.05) is 12.6 Å². The minimum absolute atomic E-state index is 0.151. The number of nitrogens with one attached hydrogen (secondary N) is 1. The predicted molar refractivity (Wildman–Crippen MR) is 75.1 cm³/mol. The van der Waals surface area contributed by atoms with Gasteiger partial charge in [0.15, 0.2) is 0 Å². The Balaban J connectivity index is 1.57. The van der Waals surface area contributed by atoms with Gasteiger partial charge >= 0.3 is 0 Å². The van der Waals surface area contributed by atoms with Crippen LogP contribution < -0.4 is 5.32 Å². The zero-order valence-corrected chi connectivity index (χ0v) is 11.9. The van der Waals surface area contributed by atoms with Gasteiger partial charge in [0.05, 0.1) is 24.9 Å². The van der Waals surface area contributed by atoms with Crippen molar-refractivity contribution in [3.05, 3.63) is 0 Å². The van der Waals surface area contributed by atoms with E-state index in [0.29, 0.717) is 19.3 Å². The Kier molecular flexibility index (Phi) is 6.57. The van der Waals surface area contributed by atoms with E-state index in [-0.39, 0.29) is 12.1 Å². The SMILES string of the molecule is OC(CNC1CCCCC1O)COC1CCCCC1. The maximum Gasteiger partial charge on any atom is 0.0897 e. The number of aliphatic hydroxyl groups is 2. The first-order valence-electron chi connectivity index (χ1n) is 7.97. The van der Waals surface area contributed by atoms with Crippen LogP contribution >= 0.6 is 0 Å². The summed E-state index contributed by atoms with van der Waals surface area (Å²) in [5.74, 6) is 0. The van der Waals surface area contributed by atoms with Gasteiger partial charge in [-0.05, 0) is 25.7 Å². The Morgan fingerprint density at radius 3 is 2.42 bits per heavy atom. The quantitative estimate of drug-likeness (QED) is 0.686. The second-order valence-electron chi connectivity index (χ2n) is 6.11. The van der Waals surface area contributed by atoms with Gasteiger partial charge in [-0.15, -0.1) is 0 Å². The highest BCUT2D eigenvalue weighted by molar-refractivity contribution is 4.81. The van der Waals surface area contributed by atoms with Crippen LogP contribution in [0.15, 0.2) is 0 Å². The summed E-state index contributed by atoms with van der Waals surface area (Å²) in [4.78, 5) is 0. The van der Waals surface area contributed by atoms with E-state index >= 15 is 0 Å². The van der Waals surface area contributed by atoms with Crippen LogP contribution in [0.25, 0.3) is 0 Å². The first kappa shape index (κ1) is 15.2. The Morgan fingerprint density at radius 1 is 1.00 bits per heavy atom. The summed E-state index contributed by atoms with van der Waals surface area (Å²) in [6.07, 6.45) is 9.94. The molecule has 2 aliphatic rings. The number of hydrogen-bond acceptors (Lipinski definition) is 4. The molecule has 0 aliphatic heterocycles. The highest BCUT2D eigenvalue weighted by atomic mass is 16.5. The van der Waals surface area contributed by atoms with Crippen LogP contribution in [0, 0.1) is 0 Å². The normalized spacial score (nSPS) is 31.3. The lowest BCUT2D eigenvalue weighted by Gasteiger charge is -2.29. The predicted octanol–water partition coefficient (Wildman–Crippen LogP) is 1.59. The number of rotatable bonds is 6. The molecule has 0 saturated heterocycles. The van der Waals surface area contributed by atoms with E-state index in [9.17, 15) is 10.2 Å². The molecule has 0 bridgehead atoms. The molecule has 2 aliphatic carbocycles. The molecular weight excluding hydrogens is 242 g/mol. The summed E-state index contributed by atoms with van der Waals surface area (Å²) in [5, 5.41) is 23.0. The summed E-state index contributed by atoms with van der Waals surface area (Å²) in [6.45, 7) is 0.939. The minimum atomic E-state index is -0.462. The monoisotopic (exact) mass is 271 g/mol. The largest absolute Gasteiger partial charge is 0.392 e. The Hall–Kier alpha value is -0.160. The zero-order chi connectivity index (χ0) is 13.5. The fourth-order valence-electron chi connectivity index (χ4n) is 3.17. The lowest BCUT2D eigenvalue weighted by Crippen LogP contribution is -2.46. The van der Waals surface area contributed by atoms with Crippen molar-refractivity contribution in [1.29, 1.82) is 0 Å². The molecule has 0 spiro atoms. The van der Waals surface area contributed by atoms with E-state index in [4.69, 9.17) is 4.74 Å². The third kappa shape index (κ3) is 5.38. The van der Waals surface area contributed by atoms with Gasteiger partial charge in [-0.25, -0.2) is 0 Å². The number of aliphatic hydroxyl groups excluding tert-OH is 2. The van der Waals surface area contributed by atoms with Crippen LogP contribution in [0.3, 0.4) is 0 Å². The van der Waals surface area contributed by atoms with Crippen LogP contribution in [0.5, 0.6) is 0 Å². The molecule has 0 heterocycles. The molecule has 0 aromatic heterocycles. The van der Waals surface area contributed by atoms with Gasteiger partial charge in [-0.3, -0.25) is 0 Å². The molecule has 4 heteroatoms. The highest BCUT2D eigenvalue weighted by Crippen LogP contribution is 2.20. The lowest BCUT2D eigenvalue weighted by atomic mass is 9.92. The third-order valence-electron chi connectivity index (χ3n) is 4.42. The molecule has 112 valence electrons. The smallest absolute Gasteiger partial charge is 0.0897 e. The van der Waals surface area contributed by atoms with Crippen LogP contribution in [-0.2, 0) is 4.74 Å². The van der Waals surface area contributed by atoms with Crippen molar-refractivity contribution in [1.82, 2.24) is 5.32 Å². The summed E-state index contributed by atoms with van der Waals surface area (Å²) in [5.41, 5.74) is 0. The summed E-state index contributed by atoms with van der Waals surface area (Å²) in [6, 6.07) is 0.151. The summed E-state index contributed by atoms with van der Waals surface area (Å²) in [7, 11) is 0. The van der Waals surface area contributed by atoms with Crippen LogP contribution in [0.1, 0.15) is 57.8 Å². The molecule has 2 fully saturated rings. The van der Waals surface area contributed by atoms with E-state index < -0.39 is 6.10 Å². The van der Waals surface area contributed by atoms with E-state index in [0.717, 1.165) is 32.1 Å². The molecule has 3 atom stereocenters. The molecule has 0 amide bonds. The van der Waals surface area contributed by atoms with Crippen LogP contribution in [0.2, 0.25) is 0 Å². The van der Waals surface area contributed by atoms with Gasteiger partial charge in [-0.1, -0.05) is 32.1 Å². The molecule has 0 aromatic rings. The fourth-order valence-corrected chi connectivity index (χ4v) is 3.17. The van der Waals surface area contributed by atoms with Crippen molar-refractivity contribution in [2.24, 2.45) is 0 Å². The molecule has 2 saturated carbocycles. The van der Waals surface area contributed by atoms with E-state index in [1.807, 2.05) is 0 Å². The highest BCUT2D eigenvalue weighted by Gasteiger charge is 2.23. The van der Waals surface area contributed by atoms with Gasteiger partial charge in [0.2, 0.25) is 0 Å². The van der Waals surface area contributed by atoms with Gasteiger partial charge in [-0.2, -0.15) is 0 Å². The first-order valence-corrected chi connectivity index (χ1v) is 7.97. The molecular formula is C15H29NO3. The second-order valence-corrected chi connectivity index (χ2v) is 6.11. The molecule has 19 heavy (non-hydrogen) atoms. The van der Waals surface area contributed by atoms with Crippen molar-refractivity contribution in [3.8, 4) is 0 Å². The topological polar surface area (TPSA) is 61.7 Å². The maximum atomic E-state index is 9.93. The maximum absolute atomic E-state index is 9.93. The van der Waals surface area contributed by atoms with Gasteiger partial charge < -0.3 is 20.3 Å². The van der Waals surface area contributed by atoms with E-state index in [2.05, 4.69) is 5.32 Å². The second kappa shape index (κ2) is 8.20.